The van der Waals surface area contributed by atoms with Gasteiger partial charge in [-0.05, 0) is 24.1 Å². The number of nitrogens with zero attached hydrogens (tertiary/aromatic N) is 3. The van der Waals surface area contributed by atoms with Crippen LogP contribution in [0.5, 0.6) is 0 Å². The minimum absolute atomic E-state index is 0.277. The second-order valence-electron chi connectivity index (χ2n) is 3.25. The summed E-state index contributed by atoms with van der Waals surface area (Å²) in [5.41, 5.74) is 0.948. The molecule has 3 nitrogen and oxygen atoms in total. The number of pyridine rings is 1. The fourth-order valence-electron chi connectivity index (χ4n) is 1.33. The molecule has 0 aliphatic carbocycles. The van der Waals surface area contributed by atoms with E-state index in [1.54, 1.807) is 30.9 Å². The zero-order valence-electron chi connectivity index (χ0n) is 8.35. The monoisotopic (exact) mass is 253 g/mol. The quantitative estimate of drug-likeness (QED) is 0.790. The van der Waals surface area contributed by atoms with Crippen LogP contribution in [0.25, 0.3) is 0 Å². The molecule has 2 aromatic heterocycles. The van der Waals surface area contributed by atoms with Crippen LogP contribution in [-0.4, -0.2) is 15.0 Å². The van der Waals surface area contributed by atoms with Crippen LogP contribution in [-0.2, 0) is 6.42 Å². The average Bonchev–Trinajstić information content (AvgIpc) is 2.33. The Hall–Kier alpha value is -1.19. The van der Waals surface area contributed by atoms with Crippen LogP contribution in [0.3, 0.4) is 0 Å². The summed E-state index contributed by atoms with van der Waals surface area (Å²) in [6.07, 6.45) is 7.23. The predicted molar refractivity (Wildman–Crippen MR) is 63.6 cm³/mol. The molecule has 2 aromatic rings. The summed E-state index contributed by atoms with van der Waals surface area (Å²) in [6, 6.07) is 3.60. The van der Waals surface area contributed by atoms with Gasteiger partial charge in [0.15, 0.2) is 0 Å². The first-order valence-electron chi connectivity index (χ1n) is 4.77. The molecular weight excluding hydrogens is 245 g/mol. The molecule has 0 bridgehead atoms. The SMILES string of the molecule is Clc1cnccc1CC(Cl)c1ncccn1. The van der Waals surface area contributed by atoms with E-state index in [-0.39, 0.29) is 5.38 Å². The van der Waals surface area contributed by atoms with Crippen molar-refractivity contribution in [1.82, 2.24) is 15.0 Å². The topological polar surface area (TPSA) is 38.7 Å². The summed E-state index contributed by atoms with van der Waals surface area (Å²) in [5.74, 6) is 0.608. The maximum atomic E-state index is 6.21. The highest BCUT2D eigenvalue weighted by Crippen LogP contribution is 2.25. The standard InChI is InChI=1S/C11H9Cl2N3/c12-9(11-15-3-1-4-16-11)6-8-2-5-14-7-10(8)13/h1-5,7,9H,6H2. The number of halogens is 2. The number of rotatable bonds is 3. The third-order valence-corrected chi connectivity index (χ3v) is 2.81. The molecule has 0 aromatic carbocycles. The Kier molecular flexibility index (Phi) is 3.70. The van der Waals surface area contributed by atoms with Crippen molar-refractivity contribution in [1.29, 1.82) is 0 Å². The molecule has 0 saturated heterocycles. The Morgan fingerprint density at radius 1 is 1.19 bits per heavy atom. The summed E-state index contributed by atoms with van der Waals surface area (Å²) in [4.78, 5) is 12.1. The number of aromatic nitrogens is 3. The van der Waals surface area contributed by atoms with E-state index in [1.807, 2.05) is 6.07 Å². The van der Waals surface area contributed by atoms with Gasteiger partial charge >= 0.3 is 0 Å². The van der Waals surface area contributed by atoms with Gasteiger partial charge in [-0.2, -0.15) is 0 Å². The Morgan fingerprint density at radius 3 is 2.62 bits per heavy atom. The Morgan fingerprint density at radius 2 is 1.94 bits per heavy atom. The highest BCUT2D eigenvalue weighted by atomic mass is 35.5. The summed E-state index contributed by atoms with van der Waals surface area (Å²) >= 11 is 12.2. The first-order valence-corrected chi connectivity index (χ1v) is 5.58. The lowest BCUT2D eigenvalue weighted by Gasteiger charge is -2.08. The van der Waals surface area contributed by atoms with Gasteiger partial charge in [-0.1, -0.05) is 11.6 Å². The zero-order chi connectivity index (χ0) is 11.4. The smallest absolute Gasteiger partial charge is 0.146 e. The van der Waals surface area contributed by atoms with Crippen LogP contribution in [0.2, 0.25) is 5.02 Å². The molecule has 0 aliphatic rings. The second-order valence-corrected chi connectivity index (χ2v) is 4.18. The van der Waals surface area contributed by atoms with E-state index in [0.29, 0.717) is 17.3 Å². The van der Waals surface area contributed by atoms with Crippen LogP contribution >= 0.6 is 23.2 Å². The summed E-state index contributed by atoms with van der Waals surface area (Å²) < 4.78 is 0. The highest BCUT2D eigenvalue weighted by molar-refractivity contribution is 6.31. The molecule has 1 unspecified atom stereocenters. The molecule has 2 heterocycles. The van der Waals surface area contributed by atoms with Crippen LogP contribution in [0.15, 0.2) is 36.9 Å². The minimum atomic E-state index is -0.277. The third kappa shape index (κ3) is 2.68. The Bertz CT molecular complexity index is 462. The van der Waals surface area contributed by atoms with Gasteiger partial charge in [0.1, 0.15) is 5.82 Å². The van der Waals surface area contributed by atoms with Gasteiger partial charge in [-0.15, -0.1) is 11.6 Å². The Labute approximate surface area is 103 Å². The van der Waals surface area contributed by atoms with Crippen molar-refractivity contribution in [2.45, 2.75) is 11.8 Å². The molecule has 82 valence electrons. The van der Waals surface area contributed by atoms with Crippen LogP contribution in [0.1, 0.15) is 16.8 Å². The van der Waals surface area contributed by atoms with E-state index in [0.717, 1.165) is 5.56 Å². The lowest BCUT2D eigenvalue weighted by atomic mass is 10.1. The van der Waals surface area contributed by atoms with Crippen molar-refractivity contribution < 1.29 is 0 Å². The summed E-state index contributed by atoms with van der Waals surface area (Å²) in [5, 5.41) is 0.338. The summed E-state index contributed by atoms with van der Waals surface area (Å²) in [6.45, 7) is 0. The van der Waals surface area contributed by atoms with E-state index in [1.165, 1.54) is 0 Å². The molecule has 1 atom stereocenters. The van der Waals surface area contributed by atoms with Crippen molar-refractivity contribution in [2.24, 2.45) is 0 Å². The molecule has 5 heteroatoms. The zero-order valence-corrected chi connectivity index (χ0v) is 9.86. The van der Waals surface area contributed by atoms with Crippen molar-refractivity contribution in [3.8, 4) is 0 Å². The van der Waals surface area contributed by atoms with Crippen molar-refractivity contribution in [2.75, 3.05) is 0 Å². The maximum Gasteiger partial charge on any atom is 0.146 e. The maximum absolute atomic E-state index is 6.21. The molecular formula is C11H9Cl2N3. The van der Waals surface area contributed by atoms with Gasteiger partial charge in [0.05, 0.1) is 10.4 Å². The predicted octanol–water partition coefficient (Wildman–Crippen LogP) is 3.05. The van der Waals surface area contributed by atoms with E-state index in [9.17, 15) is 0 Å². The fraction of sp³-hybridized carbons (Fsp3) is 0.182. The first kappa shape index (κ1) is 11.3. The average molecular weight is 254 g/mol. The van der Waals surface area contributed by atoms with Crippen LogP contribution in [0.4, 0.5) is 0 Å². The molecule has 0 saturated carbocycles. The van der Waals surface area contributed by atoms with Gasteiger partial charge in [-0.3, -0.25) is 4.98 Å². The lowest BCUT2D eigenvalue weighted by Crippen LogP contribution is -2.01. The van der Waals surface area contributed by atoms with E-state index < -0.39 is 0 Å². The van der Waals surface area contributed by atoms with E-state index in [2.05, 4.69) is 15.0 Å². The Balaban J connectivity index is 2.14. The largest absolute Gasteiger partial charge is 0.263 e. The van der Waals surface area contributed by atoms with Crippen molar-refractivity contribution >= 4 is 23.2 Å². The summed E-state index contributed by atoms with van der Waals surface area (Å²) in [7, 11) is 0. The van der Waals surface area contributed by atoms with Gasteiger partial charge in [0, 0.05) is 24.8 Å². The van der Waals surface area contributed by atoms with Crippen LogP contribution in [0, 0.1) is 0 Å². The van der Waals surface area contributed by atoms with Crippen LogP contribution < -0.4 is 0 Å². The number of hydrogen-bond donors (Lipinski definition) is 0. The highest BCUT2D eigenvalue weighted by Gasteiger charge is 2.13. The fourth-order valence-corrected chi connectivity index (χ4v) is 1.80. The van der Waals surface area contributed by atoms with Gasteiger partial charge in [0.25, 0.3) is 0 Å². The number of alkyl halides is 1. The van der Waals surface area contributed by atoms with Gasteiger partial charge in [-0.25, -0.2) is 9.97 Å². The second kappa shape index (κ2) is 5.23. The molecule has 0 aliphatic heterocycles. The molecule has 0 fully saturated rings. The number of hydrogen-bond acceptors (Lipinski definition) is 3. The third-order valence-electron chi connectivity index (χ3n) is 2.12. The molecule has 0 spiro atoms. The molecule has 0 N–H and O–H groups in total. The van der Waals surface area contributed by atoms with E-state index in [4.69, 9.17) is 23.2 Å². The van der Waals surface area contributed by atoms with Crippen molar-refractivity contribution in [3.63, 3.8) is 0 Å². The minimum Gasteiger partial charge on any atom is -0.263 e. The molecule has 0 amide bonds. The lowest BCUT2D eigenvalue weighted by molar-refractivity contribution is 0.825. The van der Waals surface area contributed by atoms with Gasteiger partial charge in [0.2, 0.25) is 0 Å². The first-order chi connectivity index (χ1) is 7.77. The van der Waals surface area contributed by atoms with Crippen molar-refractivity contribution in [3.05, 3.63) is 53.3 Å². The van der Waals surface area contributed by atoms with E-state index >= 15 is 0 Å². The molecule has 0 radical (unpaired) electrons. The molecule has 2 rings (SSSR count). The molecule has 16 heavy (non-hydrogen) atoms. The normalized spacial score (nSPS) is 12.4. The van der Waals surface area contributed by atoms with Gasteiger partial charge < -0.3 is 0 Å².